The van der Waals surface area contributed by atoms with E-state index >= 15 is 0 Å². The molecule has 0 amide bonds. The van der Waals surface area contributed by atoms with Gasteiger partial charge in [-0.1, -0.05) is 6.07 Å². The third-order valence-corrected chi connectivity index (χ3v) is 4.31. The fourth-order valence-corrected chi connectivity index (χ4v) is 2.77. The SMILES string of the molecule is COc1ccc(-c2nnc([C@@H](C)OC(=O)c3cn4c(C)cccc4n3)o2)cc1. The van der Waals surface area contributed by atoms with Crippen LogP contribution in [-0.4, -0.2) is 32.7 Å². The van der Waals surface area contributed by atoms with Gasteiger partial charge in [0.1, 0.15) is 11.4 Å². The molecule has 0 aliphatic carbocycles. The predicted molar refractivity (Wildman–Crippen MR) is 100 cm³/mol. The van der Waals surface area contributed by atoms with Gasteiger partial charge in [-0.05, 0) is 50.2 Å². The molecule has 0 bridgehead atoms. The van der Waals surface area contributed by atoms with Crippen LogP contribution in [0.25, 0.3) is 17.1 Å². The van der Waals surface area contributed by atoms with Crippen molar-refractivity contribution >= 4 is 11.6 Å². The Morgan fingerprint density at radius 3 is 2.64 bits per heavy atom. The van der Waals surface area contributed by atoms with E-state index in [1.165, 1.54) is 0 Å². The minimum atomic E-state index is -0.710. The van der Waals surface area contributed by atoms with E-state index in [2.05, 4.69) is 15.2 Å². The van der Waals surface area contributed by atoms with Crippen LogP contribution in [0.2, 0.25) is 0 Å². The second kappa shape index (κ2) is 7.15. The number of ether oxygens (including phenoxy) is 2. The van der Waals surface area contributed by atoms with Crippen molar-refractivity contribution in [3.8, 4) is 17.2 Å². The Balaban J connectivity index is 1.49. The van der Waals surface area contributed by atoms with Gasteiger partial charge in [0.15, 0.2) is 11.8 Å². The fraction of sp³-hybridized carbons (Fsp3) is 0.200. The maximum absolute atomic E-state index is 12.5. The number of fused-ring (bicyclic) bond motifs is 1. The number of esters is 1. The summed E-state index contributed by atoms with van der Waals surface area (Å²) in [6, 6.07) is 12.9. The van der Waals surface area contributed by atoms with Crippen molar-refractivity contribution in [2.45, 2.75) is 20.0 Å². The summed E-state index contributed by atoms with van der Waals surface area (Å²) in [6.45, 7) is 3.61. The van der Waals surface area contributed by atoms with Gasteiger partial charge in [-0.2, -0.15) is 0 Å². The first kappa shape index (κ1) is 17.7. The van der Waals surface area contributed by atoms with Crippen molar-refractivity contribution in [2.24, 2.45) is 0 Å². The Labute approximate surface area is 160 Å². The standard InChI is InChI=1S/C20H18N4O4/c1-12-5-4-6-17-21-16(11-24(12)17)20(25)27-13(2)18-22-23-19(28-18)14-7-9-15(26-3)10-8-14/h4-11,13H,1-3H3/t13-/m1/s1. The topological polar surface area (TPSA) is 91.8 Å². The van der Waals surface area contributed by atoms with Gasteiger partial charge in [-0.25, -0.2) is 9.78 Å². The second-order valence-corrected chi connectivity index (χ2v) is 6.24. The summed E-state index contributed by atoms with van der Waals surface area (Å²) < 4.78 is 18.1. The Bertz CT molecular complexity index is 1130. The zero-order valence-corrected chi connectivity index (χ0v) is 15.6. The third-order valence-electron chi connectivity index (χ3n) is 4.31. The van der Waals surface area contributed by atoms with E-state index in [0.29, 0.717) is 11.5 Å². The van der Waals surface area contributed by atoms with Crippen molar-refractivity contribution < 1.29 is 18.7 Å². The first-order chi connectivity index (χ1) is 13.5. The first-order valence-corrected chi connectivity index (χ1v) is 8.68. The second-order valence-electron chi connectivity index (χ2n) is 6.24. The van der Waals surface area contributed by atoms with Crippen molar-refractivity contribution in [2.75, 3.05) is 7.11 Å². The maximum Gasteiger partial charge on any atom is 0.359 e. The van der Waals surface area contributed by atoms with Crippen molar-refractivity contribution in [1.29, 1.82) is 0 Å². The number of aryl methyl sites for hydroxylation is 1. The van der Waals surface area contributed by atoms with Crippen LogP contribution < -0.4 is 4.74 Å². The van der Waals surface area contributed by atoms with Crippen LogP contribution in [0.3, 0.4) is 0 Å². The minimum absolute atomic E-state index is 0.208. The summed E-state index contributed by atoms with van der Waals surface area (Å²) in [4.78, 5) is 16.8. The van der Waals surface area contributed by atoms with Gasteiger partial charge in [0.2, 0.25) is 5.89 Å². The van der Waals surface area contributed by atoms with Crippen molar-refractivity contribution in [3.63, 3.8) is 0 Å². The summed E-state index contributed by atoms with van der Waals surface area (Å²) >= 11 is 0. The highest BCUT2D eigenvalue weighted by Crippen LogP contribution is 2.24. The van der Waals surface area contributed by atoms with Crippen LogP contribution in [0.4, 0.5) is 0 Å². The molecule has 0 saturated heterocycles. The zero-order chi connectivity index (χ0) is 19.7. The number of methoxy groups -OCH3 is 1. The average Bonchev–Trinajstić information content (AvgIpc) is 3.36. The summed E-state index contributed by atoms with van der Waals surface area (Å²) in [5.74, 6) is 0.719. The molecule has 0 spiro atoms. The van der Waals surface area contributed by atoms with Crippen LogP contribution in [0.15, 0.2) is 53.1 Å². The first-order valence-electron chi connectivity index (χ1n) is 8.68. The summed E-state index contributed by atoms with van der Waals surface area (Å²) in [5.41, 5.74) is 2.61. The van der Waals surface area contributed by atoms with E-state index in [1.807, 2.05) is 41.7 Å². The molecule has 8 nitrogen and oxygen atoms in total. The predicted octanol–water partition coefficient (Wildman–Crippen LogP) is 3.62. The number of aromatic nitrogens is 4. The molecule has 4 aromatic rings. The lowest BCUT2D eigenvalue weighted by Gasteiger charge is -2.07. The third kappa shape index (κ3) is 3.32. The average molecular weight is 378 g/mol. The van der Waals surface area contributed by atoms with Crippen molar-refractivity contribution in [1.82, 2.24) is 19.6 Å². The van der Waals surface area contributed by atoms with E-state index < -0.39 is 12.1 Å². The summed E-state index contributed by atoms with van der Waals surface area (Å²) in [5, 5.41) is 8.01. The zero-order valence-electron chi connectivity index (χ0n) is 15.6. The molecule has 142 valence electrons. The molecule has 0 fully saturated rings. The summed E-state index contributed by atoms with van der Waals surface area (Å²) in [7, 11) is 1.60. The molecule has 1 atom stereocenters. The number of benzene rings is 1. The fourth-order valence-electron chi connectivity index (χ4n) is 2.77. The lowest BCUT2D eigenvalue weighted by molar-refractivity contribution is 0.0273. The Morgan fingerprint density at radius 1 is 1.14 bits per heavy atom. The van der Waals surface area contributed by atoms with Crippen LogP contribution in [-0.2, 0) is 4.74 Å². The molecule has 28 heavy (non-hydrogen) atoms. The molecule has 3 aromatic heterocycles. The number of carbonyl (C=O) groups excluding carboxylic acids is 1. The van der Waals surface area contributed by atoms with E-state index in [-0.39, 0.29) is 11.6 Å². The number of carbonyl (C=O) groups is 1. The monoisotopic (exact) mass is 378 g/mol. The Morgan fingerprint density at radius 2 is 1.93 bits per heavy atom. The minimum Gasteiger partial charge on any atom is -0.497 e. The Kier molecular flexibility index (Phi) is 4.52. The van der Waals surface area contributed by atoms with Gasteiger partial charge in [0.05, 0.1) is 7.11 Å². The van der Waals surface area contributed by atoms with E-state index in [4.69, 9.17) is 13.9 Å². The highest BCUT2D eigenvalue weighted by Gasteiger charge is 2.22. The van der Waals surface area contributed by atoms with Gasteiger partial charge >= 0.3 is 5.97 Å². The molecule has 8 heteroatoms. The quantitative estimate of drug-likeness (QED) is 0.490. The highest BCUT2D eigenvalue weighted by molar-refractivity contribution is 5.88. The molecule has 0 N–H and O–H groups in total. The van der Waals surface area contributed by atoms with Crippen LogP contribution in [0, 0.1) is 6.92 Å². The smallest absolute Gasteiger partial charge is 0.359 e. The number of hydrogen-bond donors (Lipinski definition) is 0. The van der Waals surface area contributed by atoms with Gasteiger partial charge in [-0.15, -0.1) is 10.2 Å². The van der Waals surface area contributed by atoms with Crippen molar-refractivity contribution in [3.05, 3.63) is 65.9 Å². The normalized spacial score (nSPS) is 12.1. The molecule has 0 unspecified atom stereocenters. The number of pyridine rings is 1. The van der Waals surface area contributed by atoms with Crippen LogP contribution >= 0.6 is 0 Å². The molecule has 0 aliphatic heterocycles. The maximum atomic E-state index is 12.5. The molecule has 0 saturated carbocycles. The number of hydrogen-bond acceptors (Lipinski definition) is 7. The van der Waals surface area contributed by atoms with E-state index in [9.17, 15) is 4.79 Å². The van der Waals surface area contributed by atoms with Gasteiger partial charge in [-0.3, -0.25) is 0 Å². The van der Waals surface area contributed by atoms with Crippen LogP contribution in [0.1, 0.15) is 35.1 Å². The largest absolute Gasteiger partial charge is 0.497 e. The number of nitrogens with zero attached hydrogens (tertiary/aromatic N) is 4. The van der Waals surface area contributed by atoms with Crippen LogP contribution in [0.5, 0.6) is 5.75 Å². The molecule has 4 rings (SSSR count). The summed E-state index contributed by atoms with van der Waals surface area (Å²) in [6.07, 6.45) is 0.939. The molecule has 0 radical (unpaired) electrons. The van der Waals surface area contributed by atoms with Gasteiger partial charge < -0.3 is 18.3 Å². The number of rotatable bonds is 5. The van der Waals surface area contributed by atoms with Gasteiger partial charge in [0.25, 0.3) is 5.89 Å². The highest BCUT2D eigenvalue weighted by atomic mass is 16.6. The molecular weight excluding hydrogens is 360 g/mol. The lowest BCUT2D eigenvalue weighted by atomic mass is 10.2. The van der Waals surface area contributed by atoms with Gasteiger partial charge in [0, 0.05) is 17.5 Å². The Hall–Kier alpha value is -3.68. The lowest BCUT2D eigenvalue weighted by Crippen LogP contribution is -2.10. The molecule has 3 heterocycles. The molecular formula is C20H18N4O4. The molecule has 1 aromatic carbocycles. The molecule has 0 aliphatic rings. The number of imidazole rings is 1. The van der Waals surface area contributed by atoms with E-state index in [0.717, 1.165) is 17.0 Å². The van der Waals surface area contributed by atoms with E-state index in [1.54, 1.807) is 32.4 Å².